The van der Waals surface area contributed by atoms with Gasteiger partial charge in [0.25, 0.3) is 0 Å². The van der Waals surface area contributed by atoms with Crippen LogP contribution in [-0.2, 0) is 6.42 Å². The molecule has 1 aliphatic carbocycles. The van der Waals surface area contributed by atoms with Crippen LogP contribution in [-0.4, -0.2) is 6.61 Å². The zero-order chi connectivity index (χ0) is 9.54. The lowest BCUT2D eigenvalue weighted by Crippen LogP contribution is -2.12. The van der Waals surface area contributed by atoms with Crippen LogP contribution in [0.2, 0.25) is 0 Å². The summed E-state index contributed by atoms with van der Waals surface area (Å²) in [5.74, 6) is 1.78. The molecular formula is C12H15NO. The van der Waals surface area contributed by atoms with Crippen molar-refractivity contribution >= 4 is 0 Å². The van der Waals surface area contributed by atoms with Gasteiger partial charge in [0.05, 0.1) is 6.61 Å². The number of ether oxygens (including phenoxy) is 1. The Morgan fingerprint density at radius 2 is 2.21 bits per heavy atom. The van der Waals surface area contributed by atoms with Crippen LogP contribution in [0.4, 0.5) is 0 Å². The van der Waals surface area contributed by atoms with Crippen molar-refractivity contribution in [1.82, 2.24) is 0 Å². The van der Waals surface area contributed by atoms with E-state index in [4.69, 9.17) is 10.5 Å². The Morgan fingerprint density at radius 1 is 1.36 bits per heavy atom. The van der Waals surface area contributed by atoms with Crippen LogP contribution in [0.5, 0.6) is 5.75 Å². The fourth-order valence-electron chi connectivity index (χ4n) is 2.14. The highest BCUT2D eigenvalue weighted by Gasteiger charge is 2.30. The SMILES string of the molecule is NC(c1ccc2c(c1)CCO2)C1CC1. The predicted octanol–water partition coefficient (Wildman–Crippen LogP) is 2.03. The molecule has 2 N–H and O–H groups in total. The third-order valence-corrected chi connectivity index (χ3v) is 3.23. The molecule has 1 aliphatic heterocycles. The molecule has 3 rings (SSSR count). The number of nitrogens with two attached hydrogens (primary N) is 1. The summed E-state index contributed by atoms with van der Waals surface area (Å²) in [6.07, 6.45) is 3.64. The van der Waals surface area contributed by atoms with Crippen LogP contribution in [0.3, 0.4) is 0 Å². The highest BCUT2D eigenvalue weighted by molar-refractivity contribution is 5.41. The lowest BCUT2D eigenvalue weighted by atomic mass is 10.00. The average Bonchev–Trinajstić information content (AvgIpc) is 2.95. The van der Waals surface area contributed by atoms with Gasteiger partial charge >= 0.3 is 0 Å². The van der Waals surface area contributed by atoms with Gasteiger partial charge in [-0.25, -0.2) is 0 Å². The first-order valence-electron chi connectivity index (χ1n) is 5.36. The number of hydrogen-bond donors (Lipinski definition) is 1. The first-order chi connectivity index (χ1) is 6.84. The molecule has 0 amide bonds. The molecule has 0 bridgehead atoms. The smallest absolute Gasteiger partial charge is 0.122 e. The Balaban J connectivity index is 1.91. The zero-order valence-electron chi connectivity index (χ0n) is 8.20. The molecule has 74 valence electrons. The molecule has 1 fully saturated rings. The number of hydrogen-bond acceptors (Lipinski definition) is 2. The van der Waals surface area contributed by atoms with Gasteiger partial charge in [0.2, 0.25) is 0 Å². The van der Waals surface area contributed by atoms with E-state index in [1.807, 2.05) is 0 Å². The summed E-state index contributed by atoms with van der Waals surface area (Å²) in [5.41, 5.74) is 8.77. The predicted molar refractivity (Wildman–Crippen MR) is 55.3 cm³/mol. The Morgan fingerprint density at radius 3 is 3.00 bits per heavy atom. The molecule has 1 aromatic rings. The van der Waals surface area contributed by atoms with Gasteiger partial charge in [0.1, 0.15) is 5.75 Å². The maximum absolute atomic E-state index is 6.15. The molecule has 14 heavy (non-hydrogen) atoms. The maximum atomic E-state index is 6.15. The van der Waals surface area contributed by atoms with E-state index in [0.29, 0.717) is 0 Å². The highest BCUT2D eigenvalue weighted by Crippen LogP contribution is 2.40. The van der Waals surface area contributed by atoms with Gasteiger partial charge in [-0.15, -0.1) is 0 Å². The summed E-state index contributed by atoms with van der Waals surface area (Å²) in [4.78, 5) is 0. The van der Waals surface area contributed by atoms with Crippen LogP contribution in [0, 0.1) is 5.92 Å². The molecule has 1 unspecified atom stereocenters. The molecule has 0 aromatic heterocycles. The summed E-state index contributed by atoms with van der Waals surface area (Å²) in [7, 11) is 0. The third kappa shape index (κ3) is 1.30. The van der Waals surface area contributed by atoms with E-state index in [2.05, 4.69) is 18.2 Å². The highest BCUT2D eigenvalue weighted by atomic mass is 16.5. The molecular weight excluding hydrogens is 174 g/mol. The molecule has 2 nitrogen and oxygen atoms in total. The van der Waals surface area contributed by atoms with E-state index >= 15 is 0 Å². The second-order valence-corrected chi connectivity index (χ2v) is 4.33. The third-order valence-electron chi connectivity index (χ3n) is 3.23. The largest absolute Gasteiger partial charge is 0.493 e. The van der Waals surface area contributed by atoms with E-state index in [1.165, 1.54) is 24.0 Å². The summed E-state index contributed by atoms with van der Waals surface area (Å²) in [6, 6.07) is 6.67. The second kappa shape index (κ2) is 2.99. The number of rotatable bonds is 2. The van der Waals surface area contributed by atoms with E-state index in [1.54, 1.807) is 0 Å². The summed E-state index contributed by atoms with van der Waals surface area (Å²) >= 11 is 0. The molecule has 1 heterocycles. The van der Waals surface area contributed by atoms with E-state index in [-0.39, 0.29) is 6.04 Å². The van der Waals surface area contributed by atoms with E-state index < -0.39 is 0 Å². The lowest BCUT2D eigenvalue weighted by molar-refractivity contribution is 0.356. The van der Waals surface area contributed by atoms with Crippen LogP contribution in [0.15, 0.2) is 18.2 Å². The van der Waals surface area contributed by atoms with Crippen LogP contribution in [0.25, 0.3) is 0 Å². The Labute approximate surface area is 84.1 Å². The van der Waals surface area contributed by atoms with Crippen molar-refractivity contribution < 1.29 is 4.74 Å². The summed E-state index contributed by atoms with van der Waals surface area (Å²) in [6.45, 7) is 0.831. The quantitative estimate of drug-likeness (QED) is 0.772. The van der Waals surface area contributed by atoms with Crippen molar-refractivity contribution in [2.75, 3.05) is 6.61 Å². The summed E-state index contributed by atoms with van der Waals surface area (Å²) in [5, 5.41) is 0. The topological polar surface area (TPSA) is 35.2 Å². The van der Waals surface area contributed by atoms with Gasteiger partial charge in [-0.3, -0.25) is 0 Å². The Bertz CT molecular complexity index is 357. The summed E-state index contributed by atoms with van der Waals surface area (Å²) < 4.78 is 5.47. The normalized spacial score (nSPS) is 21.5. The monoisotopic (exact) mass is 189 g/mol. The van der Waals surface area contributed by atoms with Crippen LogP contribution in [0.1, 0.15) is 30.0 Å². The first kappa shape index (κ1) is 8.30. The fourth-order valence-corrected chi connectivity index (χ4v) is 2.14. The van der Waals surface area contributed by atoms with Crippen molar-refractivity contribution in [2.45, 2.75) is 25.3 Å². The zero-order valence-corrected chi connectivity index (χ0v) is 8.20. The van der Waals surface area contributed by atoms with Gasteiger partial charge in [-0.1, -0.05) is 12.1 Å². The van der Waals surface area contributed by atoms with Crippen LogP contribution < -0.4 is 10.5 Å². The van der Waals surface area contributed by atoms with Crippen molar-refractivity contribution in [2.24, 2.45) is 11.7 Å². The molecule has 1 aromatic carbocycles. The molecule has 0 spiro atoms. The molecule has 1 saturated carbocycles. The number of benzene rings is 1. The van der Waals surface area contributed by atoms with Gasteiger partial charge in [0.15, 0.2) is 0 Å². The lowest BCUT2D eigenvalue weighted by Gasteiger charge is -2.11. The minimum absolute atomic E-state index is 0.251. The minimum atomic E-state index is 0.251. The van der Waals surface area contributed by atoms with E-state index in [9.17, 15) is 0 Å². The maximum Gasteiger partial charge on any atom is 0.122 e. The van der Waals surface area contributed by atoms with Gasteiger partial charge in [0, 0.05) is 12.5 Å². The molecule has 0 radical (unpaired) electrons. The fraction of sp³-hybridized carbons (Fsp3) is 0.500. The molecule has 2 aliphatic rings. The average molecular weight is 189 g/mol. The van der Waals surface area contributed by atoms with Gasteiger partial charge in [-0.2, -0.15) is 0 Å². The van der Waals surface area contributed by atoms with Crippen molar-refractivity contribution in [3.63, 3.8) is 0 Å². The van der Waals surface area contributed by atoms with E-state index in [0.717, 1.165) is 24.7 Å². The van der Waals surface area contributed by atoms with Crippen molar-refractivity contribution in [3.05, 3.63) is 29.3 Å². The van der Waals surface area contributed by atoms with Gasteiger partial charge in [-0.05, 0) is 36.0 Å². The van der Waals surface area contributed by atoms with Crippen LogP contribution >= 0.6 is 0 Å². The molecule has 1 atom stereocenters. The van der Waals surface area contributed by atoms with Crippen molar-refractivity contribution in [1.29, 1.82) is 0 Å². The van der Waals surface area contributed by atoms with Crippen molar-refractivity contribution in [3.8, 4) is 5.75 Å². The van der Waals surface area contributed by atoms with Gasteiger partial charge < -0.3 is 10.5 Å². The molecule has 0 saturated heterocycles. The Kier molecular flexibility index (Phi) is 1.77. The number of fused-ring (bicyclic) bond motifs is 1. The Hall–Kier alpha value is -1.02. The minimum Gasteiger partial charge on any atom is -0.493 e. The standard InChI is InChI=1S/C12H15NO/c13-12(8-1-2-8)10-3-4-11-9(7-10)5-6-14-11/h3-4,7-8,12H,1-2,5-6,13H2. The molecule has 2 heteroatoms. The first-order valence-corrected chi connectivity index (χ1v) is 5.36. The second-order valence-electron chi connectivity index (χ2n) is 4.33.